The second kappa shape index (κ2) is 7.28. The van der Waals surface area contributed by atoms with Crippen molar-refractivity contribution in [3.05, 3.63) is 58.2 Å². The van der Waals surface area contributed by atoms with Gasteiger partial charge in [-0.05, 0) is 68.1 Å². The summed E-state index contributed by atoms with van der Waals surface area (Å²) >= 11 is 7.66. The summed E-state index contributed by atoms with van der Waals surface area (Å²) in [5.74, 6) is 0.635. The van der Waals surface area contributed by atoms with E-state index in [1.54, 1.807) is 0 Å². The monoisotopic (exact) mass is 423 g/mol. The van der Waals surface area contributed by atoms with Crippen LogP contribution in [0.15, 0.2) is 36.4 Å². The number of carbonyl (C=O) groups is 1. The average molecular weight is 424 g/mol. The molecule has 4 aromatic rings. The van der Waals surface area contributed by atoms with Crippen molar-refractivity contribution in [3.8, 4) is 5.75 Å². The quantitative estimate of drug-likeness (QED) is 0.461. The number of anilines is 1. The van der Waals surface area contributed by atoms with Gasteiger partial charge in [0.2, 0.25) is 0 Å². The van der Waals surface area contributed by atoms with Crippen LogP contribution in [-0.4, -0.2) is 22.5 Å². The van der Waals surface area contributed by atoms with Crippen molar-refractivity contribution in [2.75, 3.05) is 11.9 Å². The number of aromatic nitrogens is 2. The van der Waals surface area contributed by atoms with Crippen molar-refractivity contribution < 1.29 is 9.53 Å². The smallest absolute Gasteiger partial charge is 0.258 e. The van der Waals surface area contributed by atoms with E-state index in [9.17, 15) is 4.79 Å². The van der Waals surface area contributed by atoms with Crippen LogP contribution in [0.1, 0.15) is 35.0 Å². The molecule has 0 fully saturated rings. The van der Waals surface area contributed by atoms with Gasteiger partial charge in [0.25, 0.3) is 5.91 Å². The lowest BCUT2D eigenvalue weighted by Gasteiger charge is -2.12. The third kappa shape index (κ3) is 3.32. The number of carbonyl (C=O) groups excluding carboxylic acids is 1. The molecule has 5 rings (SSSR count). The number of aryl methyl sites for hydroxylation is 1. The first-order valence-corrected chi connectivity index (χ1v) is 10.8. The van der Waals surface area contributed by atoms with Gasteiger partial charge in [-0.3, -0.25) is 15.1 Å². The number of halogens is 1. The minimum atomic E-state index is -0.165. The first kappa shape index (κ1) is 18.3. The molecule has 0 radical (unpaired) electrons. The zero-order valence-corrected chi connectivity index (χ0v) is 17.4. The predicted octanol–water partition coefficient (Wildman–Crippen LogP) is 5.64. The highest BCUT2D eigenvalue weighted by molar-refractivity contribution is 7.22. The van der Waals surface area contributed by atoms with Crippen LogP contribution in [0.2, 0.25) is 5.02 Å². The van der Waals surface area contributed by atoms with Crippen LogP contribution in [0.4, 0.5) is 5.13 Å². The van der Waals surface area contributed by atoms with Gasteiger partial charge in [0, 0.05) is 16.1 Å². The second-order valence-electron chi connectivity index (χ2n) is 6.96. The summed E-state index contributed by atoms with van der Waals surface area (Å²) < 4.78 is 6.53. The highest BCUT2D eigenvalue weighted by Crippen LogP contribution is 2.33. The molecule has 2 aromatic carbocycles. The third-order valence-corrected chi connectivity index (χ3v) is 6.26. The van der Waals surface area contributed by atoms with Gasteiger partial charge in [-0.1, -0.05) is 22.9 Å². The lowest BCUT2D eigenvalue weighted by atomic mass is 10.0. The Labute approximate surface area is 176 Å². The number of benzene rings is 2. The van der Waals surface area contributed by atoms with Crippen molar-refractivity contribution in [1.29, 1.82) is 0 Å². The molecule has 7 heteroatoms. The van der Waals surface area contributed by atoms with E-state index in [1.807, 2.05) is 43.3 Å². The van der Waals surface area contributed by atoms with Crippen LogP contribution >= 0.6 is 22.9 Å². The Morgan fingerprint density at radius 2 is 2.03 bits per heavy atom. The molecule has 0 atom stereocenters. The molecule has 5 nitrogen and oxygen atoms in total. The molecule has 29 heavy (non-hydrogen) atoms. The Morgan fingerprint density at radius 3 is 2.90 bits per heavy atom. The number of fused-ring (bicyclic) bond motifs is 3. The van der Waals surface area contributed by atoms with E-state index in [4.69, 9.17) is 21.3 Å². The van der Waals surface area contributed by atoms with Crippen molar-refractivity contribution in [1.82, 2.24) is 9.97 Å². The number of rotatable bonds is 4. The highest BCUT2D eigenvalue weighted by atomic mass is 35.5. The molecule has 1 amide bonds. The van der Waals surface area contributed by atoms with Gasteiger partial charge >= 0.3 is 0 Å². The molecule has 0 aliphatic heterocycles. The van der Waals surface area contributed by atoms with Crippen molar-refractivity contribution in [2.45, 2.75) is 26.2 Å². The van der Waals surface area contributed by atoms with Gasteiger partial charge in [0.1, 0.15) is 5.75 Å². The predicted molar refractivity (Wildman–Crippen MR) is 118 cm³/mol. The van der Waals surface area contributed by atoms with Gasteiger partial charge in [-0.2, -0.15) is 0 Å². The maximum Gasteiger partial charge on any atom is 0.258 e. The number of hydrogen-bond acceptors (Lipinski definition) is 5. The summed E-state index contributed by atoms with van der Waals surface area (Å²) in [5.41, 5.74) is 4.33. The Balaban J connectivity index is 1.55. The largest absolute Gasteiger partial charge is 0.494 e. The summed E-state index contributed by atoms with van der Waals surface area (Å²) in [6, 6.07) is 11.3. The summed E-state index contributed by atoms with van der Waals surface area (Å²) in [6.07, 6.45) is 2.76. The van der Waals surface area contributed by atoms with E-state index >= 15 is 0 Å². The van der Waals surface area contributed by atoms with Gasteiger partial charge in [0.05, 0.1) is 27.9 Å². The number of ether oxygens (including phenoxy) is 1. The number of thiazole rings is 1. The van der Waals surface area contributed by atoms with Crippen LogP contribution in [0.5, 0.6) is 5.75 Å². The van der Waals surface area contributed by atoms with Crippen LogP contribution in [0.25, 0.3) is 21.1 Å². The van der Waals surface area contributed by atoms with E-state index in [-0.39, 0.29) is 5.91 Å². The number of hydrogen-bond donors (Lipinski definition) is 1. The van der Waals surface area contributed by atoms with Gasteiger partial charge in [0.15, 0.2) is 5.13 Å². The topological polar surface area (TPSA) is 64.1 Å². The molecule has 0 unspecified atom stereocenters. The molecule has 2 heterocycles. The molecule has 1 N–H and O–H groups in total. The fourth-order valence-electron chi connectivity index (χ4n) is 3.87. The average Bonchev–Trinajstić information content (AvgIpc) is 3.31. The molecule has 1 aliphatic rings. The lowest BCUT2D eigenvalue weighted by Crippen LogP contribution is -2.15. The van der Waals surface area contributed by atoms with Gasteiger partial charge < -0.3 is 4.74 Å². The van der Waals surface area contributed by atoms with E-state index in [0.717, 1.165) is 57.4 Å². The molecular weight excluding hydrogens is 406 g/mol. The van der Waals surface area contributed by atoms with Crippen LogP contribution in [0.3, 0.4) is 0 Å². The summed E-state index contributed by atoms with van der Waals surface area (Å²) in [7, 11) is 0. The Morgan fingerprint density at radius 1 is 1.17 bits per heavy atom. The first-order valence-electron chi connectivity index (χ1n) is 9.58. The van der Waals surface area contributed by atoms with Crippen LogP contribution < -0.4 is 10.1 Å². The maximum atomic E-state index is 13.3. The summed E-state index contributed by atoms with van der Waals surface area (Å²) in [6.45, 7) is 2.56. The molecule has 1 aliphatic carbocycles. The van der Waals surface area contributed by atoms with Gasteiger partial charge in [-0.15, -0.1) is 0 Å². The fourth-order valence-corrected chi connectivity index (χ4v) is 4.93. The lowest BCUT2D eigenvalue weighted by molar-refractivity contribution is 0.102. The Hall–Kier alpha value is -2.70. The third-order valence-electron chi connectivity index (χ3n) is 5.09. The number of amides is 1. The number of nitrogens with zero attached hydrogens (tertiary/aromatic N) is 2. The zero-order chi connectivity index (χ0) is 20.0. The number of pyridine rings is 1. The molecule has 146 valence electrons. The standard InChI is InChI=1S/C22H18ClN3O2S/c1-2-28-13-7-9-18-19(11-13)29-22(25-18)26-21(27)20-14-4-3-5-16(14)24-17-8-6-12(23)10-15(17)20/h6-11H,2-5H2,1H3,(H,25,26,27). The minimum Gasteiger partial charge on any atom is -0.494 e. The van der Waals surface area contributed by atoms with Crippen LogP contribution in [-0.2, 0) is 12.8 Å². The molecule has 0 bridgehead atoms. The molecular formula is C22H18ClN3O2S. The van der Waals surface area contributed by atoms with E-state index in [2.05, 4.69) is 10.3 Å². The van der Waals surface area contributed by atoms with Crippen LogP contribution in [0, 0.1) is 0 Å². The number of nitrogens with one attached hydrogen (secondary N) is 1. The summed E-state index contributed by atoms with van der Waals surface area (Å²) in [5, 5.41) is 4.94. The molecule has 0 saturated carbocycles. The highest BCUT2D eigenvalue weighted by Gasteiger charge is 2.24. The Kier molecular flexibility index (Phi) is 4.60. The minimum absolute atomic E-state index is 0.165. The summed E-state index contributed by atoms with van der Waals surface area (Å²) in [4.78, 5) is 22.6. The van der Waals surface area contributed by atoms with Crippen molar-refractivity contribution >= 4 is 55.1 Å². The van der Waals surface area contributed by atoms with Crippen molar-refractivity contribution in [2.24, 2.45) is 0 Å². The Bertz CT molecular complexity index is 1270. The molecule has 0 spiro atoms. The van der Waals surface area contributed by atoms with Gasteiger partial charge in [-0.25, -0.2) is 4.98 Å². The zero-order valence-electron chi connectivity index (χ0n) is 15.8. The second-order valence-corrected chi connectivity index (χ2v) is 8.43. The fraction of sp³-hybridized carbons (Fsp3) is 0.227. The molecule has 0 saturated heterocycles. The molecule has 2 aromatic heterocycles. The van der Waals surface area contributed by atoms with E-state index < -0.39 is 0 Å². The maximum absolute atomic E-state index is 13.3. The normalized spacial score (nSPS) is 13.0. The van der Waals surface area contributed by atoms with E-state index in [0.29, 0.717) is 22.3 Å². The van der Waals surface area contributed by atoms with Crippen molar-refractivity contribution in [3.63, 3.8) is 0 Å². The SMILES string of the molecule is CCOc1ccc2nc(NC(=O)c3c4c(nc5ccc(Cl)cc35)CCC4)sc2c1. The first-order chi connectivity index (χ1) is 14.1. The van der Waals surface area contributed by atoms with E-state index in [1.165, 1.54) is 11.3 Å².